The molecule has 0 rings (SSSR count). The fourth-order valence-electron chi connectivity index (χ4n) is 2.22. The Balaban J connectivity index is 0. The first kappa shape index (κ1) is 29.1. The van der Waals surface area contributed by atoms with Gasteiger partial charge in [-0.3, -0.25) is 9.59 Å². The molecule has 0 aromatic rings. The molecule has 1 atom stereocenters. The normalized spacial score (nSPS) is 13.9. The average molecular weight is 401 g/mol. The molecular weight excluding hydrogens is 352 g/mol. The van der Waals surface area contributed by atoms with Gasteiger partial charge in [0.25, 0.3) is 0 Å². The van der Waals surface area contributed by atoms with Gasteiger partial charge in [-0.15, -0.1) is 0 Å². The number of rotatable bonds is 7. The number of ether oxygens (including phenoxy) is 2. The molecule has 1 unspecified atom stereocenters. The van der Waals surface area contributed by atoms with Crippen LogP contribution in [0.25, 0.3) is 0 Å². The quantitative estimate of drug-likeness (QED) is 0.441. The maximum Gasteiger partial charge on any atom is 0.312 e. The van der Waals surface area contributed by atoms with Crippen LogP contribution in [-0.4, -0.2) is 24.1 Å². The van der Waals surface area contributed by atoms with Gasteiger partial charge in [0.1, 0.15) is 5.60 Å². The zero-order chi connectivity index (χ0) is 23.0. The Labute approximate surface area is 175 Å². The second-order valence-corrected chi connectivity index (χ2v) is 11.4. The molecule has 0 aliphatic heterocycles. The summed E-state index contributed by atoms with van der Waals surface area (Å²) in [5.41, 5.74) is -0.773. The van der Waals surface area contributed by atoms with E-state index in [1.807, 2.05) is 62.3 Å². The lowest BCUT2D eigenvalue weighted by atomic mass is 9.86. The van der Waals surface area contributed by atoms with Gasteiger partial charge in [0, 0.05) is 0 Å². The van der Waals surface area contributed by atoms with Crippen molar-refractivity contribution in [3.8, 4) is 0 Å². The van der Waals surface area contributed by atoms with Gasteiger partial charge in [-0.2, -0.15) is 0 Å². The monoisotopic (exact) mass is 400 g/mol. The highest BCUT2D eigenvalue weighted by Gasteiger charge is 2.30. The summed E-state index contributed by atoms with van der Waals surface area (Å²) in [6.45, 7) is 26.6. The van der Waals surface area contributed by atoms with Crippen LogP contribution in [0.4, 0.5) is 0 Å². The van der Waals surface area contributed by atoms with Crippen LogP contribution in [0.15, 0.2) is 0 Å². The molecule has 0 aromatic heterocycles. The van der Waals surface area contributed by atoms with E-state index in [-0.39, 0.29) is 28.4 Å². The molecular formula is C24H48O4. The predicted molar refractivity (Wildman–Crippen MR) is 118 cm³/mol. The summed E-state index contributed by atoms with van der Waals surface area (Å²) >= 11 is 0. The molecule has 28 heavy (non-hydrogen) atoms. The highest BCUT2D eigenvalue weighted by atomic mass is 16.6. The molecule has 0 bridgehead atoms. The number of hydrogen-bond acceptors (Lipinski definition) is 4. The van der Waals surface area contributed by atoms with E-state index in [1.165, 1.54) is 0 Å². The van der Waals surface area contributed by atoms with Gasteiger partial charge in [-0.25, -0.2) is 0 Å². The van der Waals surface area contributed by atoms with Crippen LogP contribution < -0.4 is 0 Å². The van der Waals surface area contributed by atoms with Gasteiger partial charge >= 0.3 is 11.9 Å². The molecule has 0 aliphatic carbocycles. The predicted octanol–water partition coefficient (Wildman–Crippen LogP) is 6.80. The minimum absolute atomic E-state index is 0.0734. The molecule has 0 fully saturated rings. The summed E-state index contributed by atoms with van der Waals surface area (Å²) < 4.78 is 10.6. The van der Waals surface area contributed by atoms with E-state index in [9.17, 15) is 9.59 Å². The largest absolute Gasteiger partial charge is 0.465 e. The van der Waals surface area contributed by atoms with E-state index in [2.05, 4.69) is 27.7 Å². The highest BCUT2D eigenvalue weighted by molar-refractivity contribution is 5.76. The van der Waals surface area contributed by atoms with Crippen molar-refractivity contribution in [2.45, 2.75) is 115 Å². The third-order valence-corrected chi connectivity index (χ3v) is 4.73. The lowest BCUT2D eigenvalue weighted by Crippen LogP contribution is -2.33. The third-order valence-electron chi connectivity index (χ3n) is 4.73. The van der Waals surface area contributed by atoms with Gasteiger partial charge in [0.15, 0.2) is 0 Å². The first-order valence-corrected chi connectivity index (χ1v) is 10.7. The minimum Gasteiger partial charge on any atom is -0.465 e. The van der Waals surface area contributed by atoms with Gasteiger partial charge in [0.05, 0.1) is 17.4 Å². The maximum absolute atomic E-state index is 11.7. The van der Waals surface area contributed by atoms with Crippen LogP contribution in [0.1, 0.15) is 109 Å². The SMILES string of the molecule is CCC(C)(C)C(=O)OC(C)(C)C.CCC(C)(C)C(=O)OCC(C)CC(C)(C)C. The van der Waals surface area contributed by atoms with Crippen LogP contribution >= 0.6 is 0 Å². The average Bonchev–Trinajstić information content (AvgIpc) is 2.49. The maximum atomic E-state index is 11.7. The summed E-state index contributed by atoms with van der Waals surface area (Å²) in [7, 11) is 0. The van der Waals surface area contributed by atoms with Gasteiger partial charge in [-0.1, -0.05) is 41.5 Å². The molecule has 0 saturated heterocycles. The Morgan fingerprint density at radius 1 is 0.750 bits per heavy atom. The first-order valence-electron chi connectivity index (χ1n) is 10.7. The van der Waals surface area contributed by atoms with E-state index < -0.39 is 0 Å². The Bertz CT molecular complexity index is 476. The smallest absolute Gasteiger partial charge is 0.312 e. The number of hydrogen-bond donors (Lipinski definition) is 0. The summed E-state index contributed by atoms with van der Waals surface area (Å²) in [4.78, 5) is 23.2. The Hall–Kier alpha value is -1.06. The lowest BCUT2D eigenvalue weighted by molar-refractivity contribution is -0.165. The van der Waals surface area contributed by atoms with Crippen molar-refractivity contribution in [1.29, 1.82) is 0 Å². The molecule has 0 radical (unpaired) electrons. The standard InChI is InChI=1S/C14H28O2.C10H20O2/c1-8-14(6,7)12(15)16-10-11(2)9-13(3,4)5;1-7-10(5,6)8(11)12-9(2,3)4/h11H,8-10H2,1-7H3;7H2,1-6H3. The van der Waals surface area contributed by atoms with Gasteiger partial charge in [-0.05, 0) is 79.1 Å². The molecule has 0 aromatic carbocycles. The van der Waals surface area contributed by atoms with Crippen molar-refractivity contribution in [2.75, 3.05) is 6.61 Å². The zero-order valence-electron chi connectivity index (χ0n) is 21.0. The second-order valence-electron chi connectivity index (χ2n) is 11.4. The van der Waals surface area contributed by atoms with E-state index in [1.54, 1.807) is 0 Å². The van der Waals surface area contributed by atoms with Gasteiger partial charge in [0.2, 0.25) is 0 Å². The van der Waals surface area contributed by atoms with Crippen molar-refractivity contribution in [2.24, 2.45) is 22.2 Å². The molecule has 0 heterocycles. The third kappa shape index (κ3) is 14.0. The summed E-state index contributed by atoms with van der Waals surface area (Å²) in [6, 6.07) is 0. The molecule has 4 nitrogen and oxygen atoms in total. The van der Waals surface area contributed by atoms with E-state index in [0.29, 0.717) is 17.9 Å². The Morgan fingerprint density at radius 2 is 1.14 bits per heavy atom. The van der Waals surface area contributed by atoms with Crippen LogP contribution in [0, 0.1) is 22.2 Å². The molecule has 0 amide bonds. The van der Waals surface area contributed by atoms with Crippen molar-refractivity contribution in [3.63, 3.8) is 0 Å². The van der Waals surface area contributed by atoms with Gasteiger partial charge < -0.3 is 9.47 Å². The van der Waals surface area contributed by atoms with Crippen molar-refractivity contribution >= 4 is 11.9 Å². The second kappa shape index (κ2) is 11.2. The minimum atomic E-state index is -0.372. The number of carbonyl (C=O) groups excluding carboxylic acids is 2. The highest BCUT2D eigenvalue weighted by Crippen LogP contribution is 2.26. The van der Waals surface area contributed by atoms with E-state index in [0.717, 1.165) is 19.3 Å². The van der Waals surface area contributed by atoms with Crippen molar-refractivity contribution < 1.29 is 19.1 Å². The van der Waals surface area contributed by atoms with Crippen LogP contribution in [0.3, 0.4) is 0 Å². The molecule has 4 heteroatoms. The van der Waals surface area contributed by atoms with E-state index >= 15 is 0 Å². The summed E-state index contributed by atoms with van der Waals surface area (Å²) in [5, 5.41) is 0. The molecule has 0 N–H and O–H groups in total. The fraction of sp³-hybridized carbons (Fsp3) is 0.917. The first-order chi connectivity index (χ1) is 12.3. The van der Waals surface area contributed by atoms with Crippen LogP contribution in [0.5, 0.6) is 0 Å². The zero-order valence-corrected chi connectivity index (χ0v) is 21.0. The molecule has 0 saturated carbocycles. The number of esters is 2. The Kier molecular flexibility index (Phi) is 11.7. The van der Waals surface area contributed by atoms with Crippen LogP contribution in [0.2, 0.25) is 0 Å². The summed E-state index contributed by atoms with van der Waals surface area (Å²) in [6.07, 6.45) is 2.70. The Morgan fingerprint density at radius 3 is 1.46 bits per heavy atom. The molecule has 0 aliphatic rings. The number of carbonyl (C=O) groups is 2. The molecule has 168 valence electrons. The van der Waals surface area contributed by atoms with Crippen LogP contribution in [-0.2, 0) is 19.1 Å². The summed E-state index contributed by atoms with van der Waals surface area (Å²) in [5.74, 6) is 0.241. The fourth-order valence-corrected chi connectivity index (χ4v) is 2.22. The van der Waals surface area contributed by atoms with Crippen molar-refractivity contribution in [3.05, 3.63) is 0 Å². The van der Waals surface area contributed by atoms with Crippen molar-refractivity contribution in [1.82, 2.24) is 0 Å². The van der Waals surface area contributed by atoms with E-state index in [4.69, 9.17) is 9.47 Å². The molecule has 0 spiro atoms. The topological polar surface area (TPSA) is 52.6 Å². The lowest BCUT2D eigenvalue weighted by Gasteiger charge is -2.27.